The van der Waals surface area contributed by atoms with Gasteiger partial charge in [-0.05, 0) is 24.3 Å². The maximum absolute atomic E-state index is 10.7. The van der Waals surface area contributed by atoms with Crippen LogP contribution in [0.1, 0.15) is 5.56 Å². The quantitative estimate of drug-likeness (QED) is 0.128. The molecule has 0 bridgehead atoms. The normalized spacial score (nSPS) is 11.5. The van der Waals surface area contributed by atoms with Crippen molar-refractivity contribution < 1.29 is 9.85 Å². The van der Waals surface area contributed by atoms with E-state index in [1.54, 1.807) is 12.1 Å². The Bertz CT molecular complexity index is 835. The highest BCUT2D eigenvalue weighted by molar-refractivity contribution is 14.1. The van der Waals surface area contributed by atoms with Crippen LogP contribution in [-0.2, 0) is 0 Å². The van der Waals surface area contributed by atoms with Gasteiger partial charge in [-0.25, -0.2) is 3.22 Å². The van der Waals surface area contributed by atoms with Gasteiger partial charge in [-0.2, -0.15) is 5.11 Å². The van der Waals surface area contributed by atoms with Gasteiger partial charge in [0.2, 0.25) is 5.84 Å². The predicted octanol–water partition coefficient (Wildman–Crippen LogP) is 4.10. The Labute approximate surface area is 155 Å². The van der Waals surface area contributed by atoms with E-state index in [1.165, 1.54) is 46.7 Å². The summed E-state index contributed by atoms with van der Waals surface area (Å²) < 4.78 is 1.45. The Hall–Kier alpha value is -2.96. The minimum atomic E-state index is -0.497. The van der Waals surface area contributed by atoms with Crippen molar-refractivity contribution in [3.05, 3.63) is 74.3 Å². The lowest BCUT2D eigenvalue weighted by atomic mass is 10.2. The molecule has 2 aromatic carbocycles. The smallest absolute Gasteiger partial charge is 0.258 e. The lowest BCUT2D eigenvalue weighted by molar-refractivity contribution is -0.385. The molecule has 0 spiro atoms. The first-order valence-electron chi connectivity index (χ1n) is 6.76. The van der Waals surface area contributed by atoms with Gasteiger partial charge in [-0.3, -0.25) is 20.2 Å². The number of hydrazone groups is 1. The van der Waals surface area contributed by atoms with Gasteiger partial charge < -0.3 is 0 Å². The van der Waals surface area contributed by atoms with Crippen LogP contribution in [0.5, 0.6) is 0 Å². The number of nitro groups is 2. The third kappa shape index (κ3) is 4.76. The Morgan fingerprint density at radius 3 is 1.88 bits per heavy atom. The summed E-state index contributed by atoms with van der Waals surface area (Å²) in [6, 6.07) is 11.6. The number of rotatable bonds is 5. The van der Waals surface area contributed by atoms with Gasteiger partial charge in [-0.15, -0.1) is 10.2 Å². The van der Waals surface area contributed by atoms with Crippen molar-refractivity contribution >= 4 is 45.8 Å². The topological polar surface area (TPSA) is 127 Å². The van der Waals surface area contributed by atoms with Crippen molar-refractivity contribution in [2.24, 2.45) is 15.3 Å². The molecule has 0 fully saturated rings. The summed E-state index contributed by atoms with van der Waals surface area (Å²) in [7, 11) is 1.48. The Balaban J connectivity index is 2.31. The monoisotopic (exact) mass is 454 g/mol. The van der Waals surface area contributed by atoms with E-state index in [0.29, 0.717) is 11.3 Å². The summed E-state index contributed by atoms with van der Waals surface area (Å²) in [5.74, 6) is 0.241. The summed E-state index contributed by atoms with van der Waals surface area (Å²) in [5.41, 5.74) is 1.07. The van der Waals surface area contributed by atoms with Crippen molar-refractivity contribution in [1.82, 2.24) is 0 Å². The van der Waals surface area contributed by atoms with Gasteiger partial charge in [0.1, 0.15) is 0 Å². The number of anilines is 1. The van der Waals surface area contributed by atoms with Gasteiger partial charge in [-0.1, -0.05) is 0 Å². The maximum Gasteiger partial charge on any atom is 0.269 e. The average molecular weight is 454 g/mol. The van der Waals surface area contributed by atoms with Crippen LogP contribution in [0.15, 0.2) is 63.9 Å². The minimum Gasteiger partial charge on any atom is -0.258 e. The number of nitro benzene ring substituents is 2. The lowest BCUT2D eigenvalue weighted by Crippen LogP contribution is -2.07. The fourth-order valence-corrected chi connectivity index (χ4v) is 2.33. The molecule has 0 unspecified atom stereocenters. The molecule has 0 aliphatic carbocycles. The van der Waals surface area contributed by atoms with Crippen LogP contribution in [0.3, 0.4) is 0 Å². The SMILES string of the molecule is CN=N/C(=N\N(I)c1ccc([N+](=O)[O-])cc1)c1ccc([N+](=O)[O-])cc1. The molecule has 0 heterocycles. The largest absolute Gasteiger partial charge is 0.269 e. The van der Waals surface area contributed by atoms with Gasteiger partial charge in [0.05, 0.1) is 38.4 Å². The van der Waals surface area contributed by atoms with Crippen LogP contribution in [-0.4, -0.2) is 22.7 Å². The average Bonchev–Trinajstić information content (AvgIpc) is 2.61. The molecule has 11 heteroatoms. The highest BCUT2D eigenvalue weighted by Crippen LogP contribution is 2.23. The first kappa shape index (κ1) is 18.4. The Morgan fingerprint density at radius 1 is 0.960 bits per heavy atom. The standard InChI is InChI=1S/C14H11IN6O4/c1-16-17-14(10-2-4-12(5-3-10)20(22)23)18-19(15)11-6-8-13(9-7-11)21(24)25/h2-9H,1H3/b17-16?,18-14-. The van der Waals surface area contributed by atoms with Crippen LogP contribution in [0.4, 0.5) is 17.1 Å². The van der Waals surface area contributed by atoms with Crippen LogP contribution in [0, 0.1) is 20.2 Å². The molecule has 0 aromatic heterocycles. The molecule has 25 heavy (non-hydrogen) atoms. The first-order valence-corrected chi connectivity index (χ1v) is 7.72. The van der Waals surface area contributed by atoms with E-state index in [1.807, 2.05) is 22.9 Å². The van der Waals surface area contributed by atoms with E-state index in [4.69, 9.17) is 0 Å². The van der Waals surface area contributed by atoms with Crippen LogP contribution in [0.25, 0.3) is 0 Å². The summed E-state index contributed by atoms with van der Waals surface area (Å²) in [6.07, 6.45) is 0. The van der Waals surface area contributed by atoms with E-state index in [2.05, 4.69) is 15.3 Å². The second kappa shape index (κ2) is 8.23. The number of benzene rings is 2. The molecular weight excluding hydrogens is 443 g/mol. The highest BCUT2D eigenvalue weighted by Gasteiger charge is 2.11. The summed E-state index contributed by atoms with van der Waals surface area (Å²) >= 11 is 1.90. The Morgan fingerprint density at radius 2 is 1.44 bits per heavy atom. The van der Waals surface area contributed by atoms with Crippen LogP contribution in [0.2, 0.25) is 0 Å². The van der Waals surface area contributed by atoms with Crippen LogP contribution >= 0.6 is 22.9 Å². The predicted molar refractivity (Wildman–Crippen MR) is 100 cm³/mol. The number of halogens is 1. The number of non-ortho nitro benzene ring substituents is 2. The van der Waals surface area contributed by atoms with Gasteiger partial charge in [0.15, 0.2) is 0 Å². The van der Waals surface area contributed by atoms with E-state index in [9.17, 15) is 20.2 Å². The molecule has 128 valence electrons. The third-order valence-corrected chi connectivity index (χ3v) is 3.76. The molecule has 0 saturated heterocycles. The molecular formula is C14H11IN6O4. The zero-order chi connectivity index (χ0) is 18.4. The highest BCUT2D eigenvalue weighted by atomic mass is 127. The fraction of sp³-hybridized carbons (Fsp3) is 0.0714. The lowest BCUT2D eigenvalue weighted by Gasteiger charge is -2.11. The zero-order valence-corrected chi connectivity index (χ0v) is 15.0. The number of hydrogen-bond donors (Lipinski definition) is 0. The number of azo groups is 1. The molecule has 0 aliphatic heterocycles. The van der Waals surface area contributed by atoms with Crippen molar-refractivity contribution in [2.45, 2.75) is 0 Å². The van der Waals surface area contributed by atoms with E-state index < -0.39 is 9.85 Å². The van der Waals surface area contributed by atoms with E-state index >= 15 is 0 Å². The van der Waals surface area contributed by atoms with Crippen LogP contribution < -0.4 is 3.22 Å². The van der Waals surface area contributed by atoms with Gasteiger partial charge in [0, 0.05) is 36.9 Å². The summed E-state index contributed by atoms with van der Waals surface area (Å²) in [4.78, 5) is 20.4. The van der Waals surface area contributed by atoms with E-state index in [0.717, 1.165) is 0 Å². The van der Waals surface area contributed by atoms with Crippen molar-refractivity contribution in [2.75, 3.05) is 10.3 Å². The van der Waals surface area contributed by atoms with Crippen molar-refractivity contribution in [1.29, 1.82) is 0 Å². The molecule has 0 atom stereocenters. The molecule has 0 aliphatic rings. The summed E-state index contributed by atoms with van der Waals surface area (Å²) in [6.45, 7) is 0. The number of hydrogen-bond acceptors (Lipinski definition) is 7. The fourth-order valence-electron chi connectivity index (χ4n) is 1.80. The van der Waals surface area contributed by atoms with E-state index in [-0.39, 0.29) is 17.2 Å². The molecule has 0 amide bonds. The Kier molecular flexibility index (Phi) is 6.05. The van der Waals surface area contributed by atoms with Gasteiger partial charge >= 0.3 is 0 Å². The molecule has 0 saturated carbocycles. The minimum absolute atomic E-state index is 0.0265. The third-order valence-electron chi connectivity index (χ3n) is 2.99. The van der Waals surface area contributed by atoms with Crippen molar-refractivity contribution in [3.8, 4) is 0 Å². The second-order valence-corrected chi connectivity index (χ2v) is 5.48. The molecule has 0 radical (unpaired) electrons. The molecule has 2 rings (SSSR count). The first-order chi connectivity index (χ1) is 11.9. The molecule has 2 aromatic rings. The van der Waals surface area contributed by atoms with Crippen molar-refractivity contribution in [3.63, 3.8) is 0 Å². The number of nitrogens with zero attached hydrogens (tertiary/aromatic N) is 6. The van der Waals surface area contributed by atoms with Gasteiger partial charge in [0.25, 0.3) is 11.4 Å². The molecule has 0 N–H and O–H groups in total. The molecule has 10 nitrogen and oxygen atoms in total. The zero-order valence-electron chi connectivity index (χ0n) is 12.8. The summed E-state index contributed by atoms with van der Waals surface area (Å²) in [5, 5.41) is 33.3. The maximum atomic E-state index is 10.7. The number of amidine groups is 1. The second-order valence-electron chi connectivity index (χ2n) is 4.56.